The first kappa shape index (κ1) is 15.1. The maximum atomic E-state index is 12.6. The molecular weight excluding hydrogens is 311 g/mol. The summed E-state index contributed by atoms with van der Waals surface area (Å²) < 4.78 is 37.8. The Bertz CT molecular complexity index is 612. The Morgan fingerprint density at radius 1 is 1.30 bits per heavy atom. The van der Waals surface area contributed by atoms with Gasteiger partial charge in [0, 0.05) is 10.7 Å². The third kappa shape index (κ3) is 3.40. The van der Waals surface area contributed by atoms with Gasteiger partial charge in [-0.25, -0.2) is 0 Å². The van der Waals surface area contributed by atoms with E-state index >= 15 is 0 Å². The molecule has 1 N–H and O–H groups in total. The van der Waals surface area contributed by atoms with E-state index in [4.69, 9.17) is 11.6 Å². The summed E-state index contributed by atoms with van der Waals surface area (Å²) in [6.45, 7) is 2.91. The summed E-state index contributed by atoms with van der Waals surface area (Å²) in [6, 6.07) is 5.19. The quantitative estimate of drug-likeness (QED) is 0.873. The summed E-state index contributed by atoms with van der Waals surface area (Å²) in [6.07, 6.45) is -4.31. The van der Waals surface area contributed by atoms with Gasteiger partial charge in [0.05, 0.1) is 0 Å². The number of rotatable bonds is 3. The zero-order valence-electron chi connectivity index (χ0n) is 10.6. The highest BCUT2D eigenvalue weighted by atomic mass is 35.5. The third-order valence-electron chi connectivity index (χ3n) is 2.73. The van der Waals surface area contributed by atoms with E-state index in [1.165, 1.54) is 0 Å². The first-order valence-electron chi connectivity index (χ1n) is 5.70. The summed E-state index contributed by atoms with van der Waals surface area (Å²) >= 11 is 6.73. The summed E-state index contributed by atoms with van der Waals surface area (Å²) in [5, 5.41) is 11.1. The number of nitrogens with one attached hydrogen (secondary N) is 1. The van der Waals surface area contributed by atoms with Crippen LogP contribution >= 0.6 is 22.9 Å². The van der Waals surface area contributed by atoms with Gasteiger partial charge in [0.15, 0.2) is 0 Å². The standard InChI is InChI=1S/C12H11ClF3N3S/c1-6-5-8(13)3-4-9(6)17-11-19-18-10(20-11)7(2)12(14,15)16/h3-5,7H,1-2H3,(H,17,19). The molecule has 1 unspecified atom stereocenters. The number of aryl methyl sites for hydroxylation is 1. The molecule has 20 heavy (non-hydrogen) atoms. The van der Waals surface area contributed by atoms with Crippen LogP contribution in [0.3, 0.4) is 0 Å². The smallest absolute Gasteiger partial charge is 0.330 e. The van der Waals surface area contributed by atoms with Crippen molar-refractivity contribution in [1.29, 1.82) is 0 Å². The van der Waals surface area contributed by atoms with Crippen molar-refractivity contribution in [2.75, 3.05) is 5.32 Å². The van der Waals surface area contributed by atoms with Gasteiger partial charge in [0.25, 0.3) is 0 Å². The maximum Gasteiger partial charge on any atom is 0.397 e. The highest BCUT2D eigenvalue weighted by Gasteiger charge is 2.39. The number of hydrogen-bond acceptors (Lipinski definition) is 4. The number of aromatic nitrogens is 2. The van der Waals surface area contributed by atoms with Crippen LogP contribution in [0.1, 0.15) is 23.4 Å². The van der Waals surface area contributed by atoms with Gasteiger partial charge in [0.1, 0.15) is 10.9 Å². The number of nitrogens with zero attached hydrogens (tertiary/aromatic N) is 2. The number of benzene rings is 1. The monoisotopic (exact) mass is 321 g/mol. The molecule has 1 atom stereocenters. The summed E-state index contributed by atoms with van der Waals surface area (Å²) in [5.41, 5.74) is 1.61. The van der Waals surface area contributed by atoms with Crippen LogP contribution in [-0.2, 0) is 0 Å². The fourth-order valence-corrected chi connectivity index (χ4v) is 2.54. The molecule has 0 amide bonds. The lowest BCUT2D eigenvalue weighted by molar-refractivity contribution is -0.146. The van der Waals surface area contributed by atoms with Crippen LogP contribution in [0.15, 0.2) is 18.2 Å². The van der Waals surface area contributed by atoms with Crippen LogP contribution in [0, 0.1) is 6.92 Å². The average molecular weight is 322 g/mol. The normalized spacial score (nSPS) is 13.3. The zero-order chi connectivity index (χ0) is 14.9. The van der Waals surface area contributed by atoms with Crippen LogP contribution < -0.4 is 5.32 Å². The fraction of sp³-hybridized carbons (Fsp3) is 0.333. The number of anilines is 2. The topological polar surface area (TPSA) is 37.8 Å². The summed E-state index contributed by atoms with van der Waals surface area (Å²) in [4.78, 5) is 0. The summed E-state index contributed by atoms with van der Waals surface area (Å²) in [5.74, 6) is -1.62. The molecule has 8 heteroatoms. The molecule has 0 spiro atoms. The molecule has 0 saturated carbocycles. The lowest BCUT2D eigenvalue weighted by Gasteiger charge is -2.11. The second-order valence-corrected chi connectivity index (χ2v) is 5.74. The van der Waals surface area contributed by atoms with Gasteiger partial charge >= 0.3 is 6.18 Å². The molecule has 1 aromatic heterocycles. The largest absolute Gasteiger partial charge is 0.397 e. The number of hydrogen-bond donors (Lipinski definition) is 1. The minimum Gasteiger partial charge on any atom is -0.330 e. The van der Waals surface area contributed by atoms with Crippen LogP contribution in [-0.4, -0.2) is 16.4 Å². The zero-order valence-corrected chi connectivity index (χ0v) is 12.2. The predicted octanol–water partition coefficient (Wildman–Crippen LogP) is 4.91. The Balaban J connectivity index is 2.18. The van der Waals surface area contributed by atoms with E-state index in [1.54, 1.807) is 18.2 Å². The molecular formula is C12H11ClF3N3S. The van der Waals surface area contributed by atoms with Gasteiger partial charge < -0.3 is 5.32 Å². The van der Waals surface area contributed by atoms with Crippen LogP contribution in [0.5, 0.6) is 0 Å². The van der Waals surface area contributed by atoms with Crippen molar-refractivity contribution in [1.82, 2.24) is 10.2 Å². The SMILES string of the molecule is Cc1cc(Cl)ccc1Nc1nnc(C(C)C(F)(F)F)s1. The lowest BCUT2D eigenvalue weighted by Crippen LogP contribution is -2.17. The molecule has 2 rings (SSSR count). The molecule has 0 saturated heterocycles. The van der Waals surface area contributed by atoms with Crippen molar-refractivity contribution in [3.63, 3.8) is 0 Å². The lowest BCUT2D eigenvalue weighted by atomic mass is 10.2. The first-order valence-corrected chi connectivity index (χ1v) is 6.90. The van der Waals surface area contributed by atoms with Gasteiger partial charge in [-0.05, 0) is 37.6 Å². The van der Waals surface area contributed by atoms with Gasteiger partial charge in [-0.1, -0.05) is 22.9 Å². The highest BCUT2D eigenvalue weighted by molar-refractivity contribution is 7.15. The van der Waals surface area contributed by atoms with Gasteiger partial charge in [0.2, 0.25) is 5.13 Å². The Morgan fingerprint density at radius 2 is 2.00 bits per heavy atom. The van der Waals surface area contributed by atoms with Crippen LogP contribution in [0.2, 0.25) is 5.02 Å². The third-order valence-corrected chi connectivity index (χ3v) is 3.99. The molecule has 0 aliphatic heterocycles. The molecule has 1 heterocycles. The van der Waals surface area contributed by atoms with Crippen molar-refractivity contribution in [3.05, 3.63) is 33.8 Å². The van der Waals surface area contributed by atoms with Crippen LogP contribution in [0.4, 0.5) is 24.0 Å². The molecule has 0 aliphatic carbocycles. The minimum atomic E-state index is -4.31. The molecule has 2 aromatic rings. The molecule has 0 aliphatic rings. The number of halogens is 4. The molecule has 3 nitrogen and oxygen atoms in total. The Kier molecular flexibility index (Phi) is 4.19. The molecule has 0 fully saturated rings. The van der Waals surface area contributed by atoms with E-state index in [2.05, 4.69) is 15.5 Å². The van der Waals surface area contributed by atoms with E-state index in [1.807, 2.05) is 6.92 Å². The van der Waals surface area contributed by atoms with Gasteiger partial charge in [-0.3, -0.25) is 0 Å². The Labute approximate surface area is 122 Å². The van der Waals surface area contributed by atoms with E-state index in [9.17, 15) is 13.2 Å². The van der Waals surface area contributed by atoms with Crippen molar-refractivity contribution >= 4 is 33.8 Å². The van der Waals surface area contributed by atoms with Crippen LogP contribution in [0.25, 0.3) is 0 Å². The predicted molar refractivity (Wildman–Crippen MR) is 73.9 cm³/mol. The minimum absolute atomic E-state index is 0.0633. The molecule has 108 valence electrons. The average Bonchev–Trinajstić information content (AvgIpc) is 2.79. The van der Waals surface area contributed by atoms with E-state index in [0.29, 0.717) is 10.2 Å². The maximum absolute atomic E-state index is 12.6. The Morgan fingerprint density at radius 3 is 2.60 bits per heavy atom. The van der Waals surface area contributed by atoms with E-state index in [-0.39, 0.29) is 5.01 Å². The molecule has 1 aromatic carbocycles. The van der Waals surface area contributed by atoms with Gasteiger partial charge in [-0.15, -0.1) is 10.2 Å². The van der Waals surface area contributed by atoms with Crippen molar-refractivity contribution in [3.8, 4) is 0 Å². The van der Waals surface area contributed by atoms with Crippen molar-refractivity contribution < 1.29 is 13.2 Å². The first-order chi connectivity index (χ1) is 9.27. The highest BCUT2D eigenvalue weighted by Crippen LogP contribution is 2.37. The number of alkyl halides is 3. The van der Waals surface area contributed by atoms with Crippen molar-refractivity contribution in [2.24, 2.45) is 0 Å². The second kappa shape index (κ2) is 5.57. The fourth-order valence-electron chi connectivity index (χ4n) is 1.48. The van der Waals surface area contributed by atoms with E-state index in [0.717, 1.165) is 29.5 Å². The van der Waals surface area contributed by atoms with Crippen molar-refractivity contribution in [2.45, 2.75) is 25.9 Å². The molecule has 0 bridgehead atoms. The van der Waals surface area contributed by atoms with Gasteiger partial charge in [-0.2, -0.15) is 13.2 Å². The Hall–Kier alpha value is -1.34. The van der Waals surface area contributed by atoms with E-state index < -0.39 is 12.1 Å². The molecule has 0 radical (unpaired) electrons. The second-order valence-electron chi connectivity index (χ2n) is 4.29. The summed E-state index contributed by atoms with van der Waals surface area (Å²) in [7, 11) is 0.